The first-order chi connectivity index (χ1) is 13.4. The highest BCUT2D eigenvalue weighted by Gasteiger charge is 2.30. The number of nitrogens with zero attached hydrogens (tertiary/aromatic N) is 6. The van der Waals surface area contributed by atoms with Gasteiger partial charge in [0.2, 0.25) is 0 Å². The Morgan fingerprint density at radius 3 is 2.75 bits per heavy atom. The fourth-order valence-corrected chi connectivity index (χ4v) is 4.20. The Labute approximate surface area is 177 Å². The zero-order chi connectivity index (χ0) is 19.8. The topological polar surface area (TPSA) is 77.3 Å². The summed E-state index contributed by atoms with van der Waals surface area (Å²) in [6.45, 7) is 4.52. The van der Waals surface area contributed by atoms with Crippen molar-refractivity contribution < 1.29 is 0 Å². The predicted octanol–water partition coefficient (Wildman–Crippen LogP) is 4.11. The number of thioether (sulfide) groups is 1. The van der Waals surface area contributed by atoms with Crippen LogP contribution in [0, 0.1) is 6.92 Å². The monoisotopic (exact) mass is 435 g/mol. The molecule has 0 bridgehead atoms. The average molecular weight is 436 g/mol. The van der Waals surface area contributed by atoms with Gasteiger partial charge in [-0.3, -0.25) is 9.36 Å². The molecule has 4 rings (SSSR count). The molecule has 2 aromatic heterocycles. The van der Waals surface area contributed by atoms with Crippen LogP contribution in [0.4, 0.5) is 5.82 Å². The van der Waals surface area contributed by atoms with E-state index in [9.17, 15) is 0 Å². The number of hydrogen-bond acceptors (Lipinski definition) is 6. The molecule has 0 aliphatic carbocycles. The molecular weight excluding hydrogens is 417 g/mol. The van der Waals surface area contributed by atoms with Crippen LogP contribution in [0.1, 0.15) is 24.2 Å². The molecule has 146 valence electrons. The van der Waals surface area contributed by atoms with E-state index in [0.717, 1.165) is 16.3 Å². The minimum atomic E-state index is -0.341. The third kappa shape index (κ3) is 3.91. The zero-order valence-corrected chi connectivity index (χ0v) is 17.7. The number of nitrogens with two attached hydrogens (primary N) is 1. The Kier molecular flexibility index (Phi) is 5.37. The van der Waals surface area contributed by atoms with Crippen LogP contribution in [-0.2, 0) is 6.54 Å². The van der Waals surface area contributed by atoms with Crippen molar-refractivity contribution in [1.82, 2.24) is 19.6 Å². The maximum absolute atomic E-state index is 6.29. The fourth-order valence-electron chi connectivity index (χ4n) is 2.89. The first kappa shape index (κ1) is 19.3. The smallest absolute Gasteiger partial charge is 0.173 e. The summed E-state index contributed by atoms with van der Waals surface area (Å²) >= 11 is 13.8. The van der Waals surface area contributed by atoms with Crippen molar-refractivity contribution in [1.29, 1.82) is 0 Å². The molecule has 1 aliphatic rings. The van der Waals surface area contributed by atoms with E-state index in [1.807, 2.05) is 49.1 Å². The van der Waals surface area contributed by atoms with Crippen LogP contribution in [-0.4, -0.2) is 30.1 Å². The van der Waals surface area contributed by atoms with Crippen molar-refractivity contribution in [3.8, 4) is 0 Å². The van der Waals surface area contributed by atoms with Crippen LogP contribution in [0.15, 0.2) is 47.8 Å². The van der Waals surface area contributed by atoms with E-state index >= 15 is 0 Å². The van der Waals surface area contributed by atoms with Crippen molar-refractivity contribution >= 4 is 45.8 Å². The van der Waals surface area contributed by atoms with Crippen LogP contribution in [0.25, 0.3) is 0 Å². The summed E-state index contributed by atoms with van der Waals surface area (Å²) in [5.74, 6) is 0.678. The van der Waals surface area contributed by atoms with Crippen molar-refractivity contribution in [2.24, 2.45) is 10.8 Å². The molecule has 3 aromatic rings. The van der Waals surface area contributed by atoms with Crippen LogP contribution < -0.4 is 10.7 Å². The Hall–Kier alpha value is -2.00. The predicted molar refractivity (Wildman–Crippen MR) is 115 cm³/mol. The average Bonchev–Trinajstić information content (AvgIpc) is 3.37. The maximum atomic E-state index is 6.29. The normalized spacial score (nSPS) is 17.8. The molecule has 0 radical (unpaired) electrons. The zero-order valence-electron chi connectivity index (χ0n) is 15.3. The van der Waals surface area contributed by atoms with Gasteiger partial charge in [-0.2, -0.15) is 15.3 Å². The van der Waals surface area contributed by atoms with E-state index in [0.29, 0.717) is 22.4 Å². The third-order valence-electron chi connectivity index (χ3n) is 4.39. The standard InChI is InChI=1S/C18H19Cl2N7S/c1-11-5-8-26(22-11)12(2)17-24-27(18(21)28-17)16-6-7-25(23-16)10-13-9-14(19)3-4-15(13)20/h3-9,12,18H,10,21H2,1-2H3. The second-order valence-corrected chi connectivity index (χ2v) is 8.49. The van der Waals surface area contributed by atoms with Gasteiger partial charge in [0.25, 0.3) is 0 Å². The van der Waals surface area contributed by atoms with Crippen LogP contribution in [0.3, 0.4) is 0 Å². The lowest BCUT2D eigenvalue weighted by Crippen LogP contribution is -2.32. The first-order valence-electron chi connectivity index (χ1n) is 8.70. The molecule has 0 saturated heterocycles. The van der Waals surface area contributed by atoms with Gasteiger partial charge in [0.05, 0.1) is 18.3 Å². The molecule has 0 amide bonds. The Balaban J connectivity index is 1.53. The summed E-state index contributed by atoms with van der Waals surface area (Å²) in [6.07, 6.45) is 3.82. The van der Waals surface area contributed by atoms with Gasteiger partial charge in [-0.25, -0.2) is 5.01 Å². The minimum absolute atomic E-state index is 0.00195. The molecule has 1 aromatic carbocycles. The molecular formula is C18H19Cl2N7S. The maximum Gasteiger partial charge on any atom is 0.173 e. The summed E-state index contributed by atoms with van der Waals surface area (Å²) in [6, 6.07) is 9.24. The fraction of sp³-hybridized carbons (Fsp3) is 0.278. The molecule has 0 saturated carbocycles. The highest BCUT2D eigenvalue weighted by Crippen LogP contribution is 2.32. The molecule has 0 fully saturated rings. The lowest BCUT2D eigenvalue weighted by atomic mass is 10.2. The number of anilines is 1. The van der Waals surface area contributed by atoms with Crippen molar-refractivity contribution in [2.45, 2.75) is 31.9 Å². The number of rotatable bonds is 5. The van der Waals surface area contributed by atoms with E-state index in [1.54, 1.807) is 21.8 Å². The molecule has 28 heavy (non-hydrogen) atoms. The van der Waals surface area contributed by atoms with Crippen molar-refractivity contribution in [3.05, 3.63) is 64.0 Å². The van der Waals surface area contributed by atoms with Gasteiger partial charge in [-0.05, 0) is 43.7 Å². The molecule has 1 aliphatic heterocycles. The Morgan fingerprint density at radius 2 is 2.00 bits per heavy atom. The van der Waals surface area contributed by atoms with E-state index in [-0.39, 0.29) is 11.5 Å². The van der Waals surface area contributed by atoms with E-state index < -0.39 is 0 Å². The number of halogens is 2. The van der Waals surface area contributed by atoms with Crippen molar-refractivity contribution in [2.75, 3.05) is 5.01 Å². The van der Waals surface area contributed by atoms with Crippen LogP contribution in [0.2, 0.25) is 10.0 Å². The number of hydrazone groups is 1. The molecule has 10 heteroatoms. The molecule has 2 atom stereocenters. The largest absolute Gasteiger partial charge is 0.301 e. The number of aryl methyl sites for hydroxylation is 1. The number of hydrogen-bond donors (Lipinski definition) is 1. The van der Waals surface area contributed by atoms with Gasteiger partial charge >= 0.3 is 0 Å². The SMILES string of the molecule is Cc1ccn(C(C)C2=NN(c3ccn(Cc4cc(Cl)ccc4Cl)n3)C(N)S2)n1. The molecule has 3 heterocycles. The van der Waals surface area contributed by atoms with Crippen LogP contribution >= 0.6 is 35.0 Å². The third-order valence-corrected chi connectivity index (χ3v) is 6.10. The van der Waals surface area contributed by atoms with Crippen LogP contribution in [0.5, 0.6) is 0 Å². The highest BCUT2D eigenvalue weighted by atomic mass is 35.5. The van der Waals surface area contributed by atoms with Gasteiger partial charge in [0, 0.05) is 28.5 Å². The quantitative estimate of drug-likeness (QED) is 0.651. The van der Waals surface area contributed by atoms with E-state index in [4.69, 9.17) is 28.9 Å². The second kappa shape index (κ2) is 7.79. The second-order valence-electron chi connectivity index (χ2n) is 6.51. The summed E-state index contributed by atoms with van der Waals surface area (Å²) in [5, 5.41) is 17.7. The number of aromatic nitrogens is 4. The first-order valence-corrected chi connectivity index (χ1v) is 10.3. The molecule has 2 N–H and O–H groups in total. The van der Waals surface area contributed by atoms with Gasteiger partial charge in [0.15, 0.2) is 11.3 Å². The van der Waals surface area contributed by atoms with Crippen molar-refractivity contribution in [3.63, 3.8) is 0 Å². The summed E-state index contributed by atoms with van der Waals surface area (Å²) in [5.41, 5.74) is 7.81. The minimum Gasteiger partial charge on any atom is -0.301 e. The van der Waals surface area contributed by atoms with Gasteiger partial charge in [-0.15, -0.1) is 0 Å². The Morgan fingerprint density at radius 1 is 1.18 bits per heavy atom. The van der Waals surface area contributed by atoms with Gasteiger partial charge < -0.3 is 5.73 Å². The highest BCUT2D eigenvalue weighted by molar-refractivity contribution is 8.14. The Bertz CT molecular complexity index is 1030. The van der Waals surface area contributed by atoms with E-state index in [1.165, 1.54) is 11.8 Å². The van der Waals surface area contributed by atoms with Gasteiger partial charge in [0.1, 0.15) is 5.04 Å². The molecule has 7 nitrogen and oxygen atoms in total. The lowest BCUT2D eigenvalue weighted by molar-refractivity contribution is 0.607. The summed E-state index contributed by atoms with van der Waals surface area (Å²) in [7, 11) is 0. The summed E-state index contributed by atoms with van der Waals surface area (Å²) < 4.78 is 3.68. The van der Waals surface area contributed by atoms with Gasteiger partial charge in [-0.1, -0.05) is 35.0 Å². The molecule has 0 spiro atoms. The molecule has 2 unspecified atom stereocenters. The van der Waals surface area contributed by atoms with E-state index in [2.05, 4.69) is 15.3 Å². The number of benzene rings is 1. The lowest BCUT2D eigenvalue weighted by Gasteiger charge is -2.15. The summed E-state index contributed by atoms with van der Waals surface area (Å²) in [4.78, 5) is 0.